The third-order valence-corrected chi connectivity index (χ3v) is 4.05. The van der Waals surface area contributed by atoms with Crippen molar-refractivity contribution in [3.05, 3.63) is 0 Å². The first kappa shape index (κ1) is 12.4. The maximum Gasteiger partial charge on any atom is 0.234 e. The van der Waals surface area contributed by atoms with E-state index in [0.29, 0.717) is 25.2 Å². The molecule has 1 amide bonds. The number of carbonyl (C=O) groups excluding carboxylic acids is 1. The molecule has 0 aromatic carbocycles. The van der Waals surface area contributed by atoms with Crippen LogP contribution in [0.15, 0.2) is 0 Å². The summed E-state index contributed by atoms with van der Waals surface area (Å²) in [7, 11) is 0. The second-order valence-electron chi connectivity index (χ2n) is 5.75. The lowest BCUT2D eigenvalue weighted by Gasteiger charge is -2.37. The maximum absolute atomic E-state index is 11.6. The molecule has 2 heterocycles. The Hall–Kier alpha value is -0.650. The summed E-state index contributed by atoms with van der Waals surface area (Å²) in [4.78, 5) is 11.6. The average molecular weight is 254 g/mol. The standard InChI is InChI=1S/C13H22N2O3/c16-12(15-10-1-2-10)8-14-11-3-5-18-13(7-11)4-6-17-9-13/h10-11,14H,1-9H2,(H,15,16). The first-order valence-electron chi connectivity index (χ1n) is 7.00. The lowest BCUT2D eigenvalue weighted by atomic mass is 9.90. The van der Waals surface area contributed by atoms with Crippen LogP contribution in [-0.4, -0.2) is 50.0 Å². The van der Waals surface area contributed by atoms with Crippen molar-refractivity contribution >= 4 is 5.91 Å². The molecule has 2 unspecified atom stereocenters. The summed E-state index contributed by atoms with van der Waals surface area (Å²) in [6, 6.07) is 0.828. The van der Waals surface area contributed by atoms with Gasteiger partial charge in [0.15, 0.2) is 0 Å². The summed E-state index contributed by atoms with van der Waals surface area (Å²) in [5.74, 6) is 0.126. The largest absolute Gasteiger partial charge is 0.378 e. The van der Waals surface area contributed by atoms with E-state index in [1.165, 1.54) is 0 Å². The predicted molar refractivity (Wildman–Crippen MR) is 66.3 cm³/mol. The first-order valence-corrected chi connectivity index (χ1v) is 7.00. The second-order valence-corrected chi connectivity index (χ2v) is 5.75. The van der Waals surface area contributed by atoms with Gasteiger partial charge in [-0.15, -0.1) is 0 Å². The highest BCUT2D eigenvalue weighted by atomic mass is 16.6. The highest BCUT2D eigenvalue weighted by Gasteiger charge is 2.40. The fourth-order valence-corrected chi connectivity index (χ4v) is 2.81. The highest BCUT2D eigenvalue weighted by molar-refractivity contribution is 5.78. The Morgan fingerprint density at radius 2 is 2.11 bits per heavy atom. The molecule has 5 heteroatoms. The van der Waals surface area contributed by atoms with Crippen LogP contribution in [0, 0.1) is 0 Å². The van der Waals surface area contributed by atoms with Gasteiger partial charge in [-0.2, -0.15) is 0 Å². The lowest BCUT2D eigenvalue weighted by Crippen LogP contribution is -2.49. The molecule has 102 valence electrons. The number of nitrogens with one attached hydrogen (secondary N) is 2. The van der Waals surface area contributed by atoms with Crippen molar-refractivity contribution in [3.8, 4) is 0 Å². The van der Waals surface area contributed by atoms with Gasteiger partial charge >= 0.3 is 0 Å². The van der Waals surface area contributed by atoms with Crippen molar-refractivity contribution < 1.29 is 14.3 Å². The van der Waals surface area contributed by atoms with Crippen LogP contribution in [0.4, 0.5) is 0 Å². The molecule has 2 N–H and O–H groups in total. The third kappa shape index (κ3) is 3.02. The number of rotatable bonds is 4. The van der Waals surface area contributed by atoms with E-state index in [-0.39, 0.29) is 11.5 Å². The number of carbonyl (C=O) groups is 1. The molecule has 3 rings (SSSR count). The van der Waals surface area contributed by atoms with E-state index in [0.717, 1.165) is 45.3 Å². The minimum Gasteiger partial charge on any atom is -0.378 e. The van der Waals surface area contributed by atoms with Crippen molar-refractivity contribution in [3.63, 3.8) is 0 Å². The maximum atomic E-state index is 11.6. The fourth-order valence-electron chi connectivity index (χ4n) is 2.81. The molecule has 1 spiro atoms. The Balaban J connectivity index is 1.42. The smallest absolute Gasteiger partial charge is 0.234 e. The van der Waals surface area contributed by atoms with Crippen LogP contribution in [-0.2, 0) is 14.3 Å². The highest BCUT2D eigenvalue weighted by Crippen LogP contribution is 2.32. The van der Waals surface area contributed by atoms with E-state index in [1.807, 2.05) is 0 Å². The molecule has 1 aliphatic carbocycles. The van der Waals surface area contributed by atoms with Gasteiger partial charge in [0.25, 0.3) is 0 Å². The van der Waals surface area contributed by atoms with Gasteiger partial charge in [0, 0.05) is 31.7 Å². The number of hydrogen-bond acceptors (Lipinski definition) is 4. The summed E-state index contributed by atoms with van der Waals surface area (Å²) >= 11 is 0. The second kappa shape index (κ2) is 5.15. The van der Waals surface area contributed by atoms with E-state index in [4.69, 9.17) is 9.47 Å². The van der Waals surface area contributed by atoms with E-state index in [9.17, 15) is 4.79 Å². The molecule has 0 bridgehead atoms. The van der Waals surface area contributed by atoms with E-state index in [2.05, 4.69) is 10.6 Å². The molecular weight excluding hydrogens is 232 g/mol. The Morgan fingerprint density at radius 3 is 2.83 bits per heavy atom. The predicted octanol–water partition coefficient (Wildman–Crippen LogP) is 0.193. The molecular formula is C13H22N2O3. The van der Waals surface area contributed by atoms with Crippen LogP contribution >= 0.6 is 0 Å². The minimum absolute atomic E-state index is 0.0805. The van der Waals surface area contributed by atoms with Gasteiger partial charge in [-0.05, 0) is 25.7 Å². The third-order valence-electron chi connectivity index (χ3n) is 4.05. The normalized spacial score (nSPS) is 35.9. The van der Waals surface area contributed by atoms with Crippen LogP contribution in [0.1, 0.15) is 32.1 Å². The number of hydrogen-bond donors (Lipinski definition) is 2. The molecule has 2 saturated heterocycles. The van der Waals surface area contributed by atoms with Crippen molar-refractivity contribution in [2.75, 3.05) is 26.4 Å². The SMILES string of the molecule is O=C(CNC1CCOC2(CCOC2)C1)NC1CC1. The molecule has 0 aromatic rings. The average Bonchev–Trinajstić information content (AvgIpc) is 3.07. The fraction of sp³-hybridized carbons (Fsp3) is 0.923. The van der Waals surface area contributed by atoms with Crippen LogP contribution in [0.25, 0.3) is 0 Å². The van der Waals surface area contributed by atoms with Crippen molar-refractivity contribution in [2.24, 2.45) is 0 Å². The summed E-state index contributed by atoms with van der Waals surface area (Å²) in [5, 5.41) is 6.36. The van der Waals surface area contributed by atoms with E-state index >= 15 is 0 Å². The Morgan fingerprint density at radius 1 is 1.22 bits per heavy atom. The van der Waals surface area contributed by atoms with Gasteiger partial charge in [-0.3, -0.25) is 4.79 Å². The monoisotopic (exact) mass is 254 g/mol. The van der Waals surface area contributed by atoms with Crippen LogP contribution in [0.2, 0.25) is 0 Å². The van der Waals surface area contributed by atoms with Crippen LogP contribution in [0.3, 0.4) is 0 Å². The van der Waals surface area contributed by atoms with Gasteiger partial charge in [0.2, 0.25) is 5.91 Å². The van der Waals surface area contributed by atoms with Gasteiger partial charge in [0.05, 0.1) is 18.8 Å². The Labute approximate surface area is 108 Å². The van der Waals surface area contributed by atoms with Crippen molar-refractivity contribution in [1.29, 1.82) is 0 Å². The zero-order chi connectivity index (χ0) is 12.4. The molecule has 18 heavy (non-hydrogen) atoms. The molecule has 0 aromatic heterocycles. The number of ether oxygens (including phenoxy) is 2. The molecule has 3 fully saturated rings. The van der Waals surface area contributed by atoms with Gasteiger partial charge in [0.1, 0.15) is 0 Å². The Bertz CT molecular complexity index is 311. The first-order chi connectivity index (χ1) is 8.76. The lowest BCUT2D eigenvalue weighted by molar-refractivity contribution is -0.121. The zero-order valence-electron chi connectivity index (χ0n) is 10.7. The van der Waals surface area contributed by atoms with Crippen LogP contribution in [0.5, 0.6) is 0 Å². The van der Waals surface area contributed by atoms with E-state index < -0.39 is 0 Å². The minimum atomic E-state index is -0.0805. The van der Waals surface area contributed by atoms with Gasteiger partial charge < -0.3 is 20.1 Å². The van der Waals surface area contributed by atoms with Crippen molar-refractivity contribution in [1.82, 2.24) is 10.6 Å². The van der Waals surface area contributed by atoms with Crippen LogP contribution < -0.4 is 10.6 Å². The van der Waals surface area contributed by atoms with E-state index in [1.54, 1.807) is 0 Å². The quantitative estimate of drug-likeness (QED) is 0.752. The molecule has 2 aliphatic heterocycles. The molecule has 2 atom stereocenters. The van der Waals surface area contributed by atoms with Crippen molar-refractivity contribution in [2.45, 2.75) is 49.8 Å². The Kier molecular flexibility index (Phi) is 3.54. The summed E-state index contributed by atoms with van der Waals surface area (Å²) in [5.41, 5.74) is -0.0805. The number of amides is 1. The molecule has 1 saturated carbocycles. The summed E-state index contributed by atoms with van der Waals surface area (Å²) in [6.45, 7) is 2.71. The molecule has 0 radical (unpaired) electrons. The summed E-state index contributed by atoms with van der Waals surface area (Å²) in [6.07, 6.45) is 5.22. The zero-order valence-corrected chi connectivity index (χ0v) is 10.7. The topological polar surface area (TPSA) is 59.6 Å². The van der Waals surface area contributed by atoms with Gasteiger partial charge in [-0.25, -0.2) is 0 Å². The van der Waals surface area contributed by atoms with Gasteiger partial charge in [-0.1, -0.05) is 0 Å². The molecule has 3 aliphatic rings. The molecule has 5 nitrogen and oxygen atoms in total. The summed E-state index contributed by atoms with van der Waals surface area (Å²) < 4.78 is 11.3.